The summed E-state index contributed by atoms with van der Waals surface area (Å²) in [6, 6.07) is 5.21. The summed E-state index contributed by atoms with van der Waals surface area (Å²) in [7, 11) is 0. The lowest BCUT2D eigenvalue weighted by molar-refractivity contribution is -0.131. The van der Waals surface area contributed by atoms with Crippen LogP contribution in [0.15, 0.2) is 35.9 Å². The van der Waals surface area contributed by atoms with Crippen LogP contribution in [0.4, 0.5) is 5.69 Å². The average molecular weight is 288 g/mol. The van der Waals surface area contributed by atoms with Gasteiger partial charge in [-0.25, -0.2) is 4.79 Å². The Kier molecular flexibility index (Phi) is 4.27. The highest BCUT2D eigenvalue weighted by molar-refractivity contribution is 7.12. The van der Waals surface area contributed by atoms with Gasteiger partial charge in [0.1, 0.15) is 0 Å². The summed E-state index contributed by atoms with van der Waals surface area (Å²) in [6.45, 7) is 1.80. The highest BCUT2D eigenvalue weighted by atomic mass is 32.1. The van der Waals surface area contributed by atoms with E-state index in [0.29, 0.717) is 16.1 Å². The second-order valence-corrected chi connectivity index (χ2v) is 4.88. The number of carbonyl (C=O) groups excluding carboxylic acids is 1. The van der Waals surface area contributed by atoms with Crippen LogP contribution in [0.25, 0.3) is 6.08 Å². The van der Waals surface area contributed by atoms with Crippen molar-refractivity contribution in [3.63, 3.8) is 0 Å². The van der Waals surface area contributed by atoms with Crippen LogP contribution in [-0.2, 0) is 4.79 Å². The third kappa shape index (κ3) is 3.30. The summed E-state index contributed by atoms with van der Waals surface area (Å²) < 4.78 is 0. The largest absolute Gasteiger partial charge is 0.478 e. The predicted octanol–water partition coefficient (Wildman–Crippen LogP) is 2.80. The molecular weight excluding hydrogens is 276 g/mol. The van der Waals surface area contributed by atoms with E-state index in [2.05, 4.69) is 10.3 Å². The fraction of sp³-hybridized carbons (Fsp3) is 0.0714. The first-order valence-electron chi connectivity index (χ1n) is 5.79. The summed E-state index contributed by atoms with van der Waals surface area (Å²) in [6.07, 6.45) is 4.06. The lowest BCUT2D eigenvalue weighted by Gasteiger charge is -2.06. The topological polar surface area (TPSA) is 79.3 Å². The van der Waals surface area contributed by atoms with E-state index in [1.807, 2.05) is 0 Å². The zero-order valence-electron chi connectivity index (χ0n) is 10.7. The van der Waals surface area contributed by atoms with Gasteiger partial charge >= 0.3 is 5.97 Å². The van der Waals surface area contributed by atoms with Gasteiger partial charge in [-0.15, -0.1) is 11.3 Å². The molecule has 0 bridgehead atoms. The molecule has 0 aromatic carbocycles. The molecule has 2 heterocycles. The number of hydrogen-bond acceptors (Lipinski definition) is 4. The van der Waals surface area contributed by atoms with Crippen LogP contribution >= 0.6 is 11.3 Å². The highest BCUT2D eigenvalue weighted by Crippen LogP contribution is 2.21. The minimum Gasteiger partial charge on any atom is -0.478 e. The first-order chi connectivity index (χ1) is 9.58. The van der Waals surface area contributed by atoms with Crippen LogP contribution in [0, 0.1) is 6.92 Å². The van der Waals surface area contributed by atoms with Crippen LogP contribution in [0.2, 0.25) is 0 Å². The quantitative estimate of drug-likeness (QED) is 0.848. The molecule has 0 aliphatic rings. The summed E-state index contributed by atoms with van der Waals surface area (Å²) in [4.78, 5) is 27.3. The van der Waals surface area contributed by atoms with E-state index < -0.39 is 5.97 Å². The van der Waals surface area contributed by atoms with E-state index in [9.17, 15) is 9.59 Å². The molecule has 0 aliphatic carbocycles. The van der Waals surface area contributed by atoms with Crippen molar-refractivity contribution in [1.82, 2.24) is 4.98 Å². The molecule has 0 fully saturated rings. The van der Waals surface area contributed by atoms with Gasteiger partial charge in [-0.05, 0) is 42.1 Å². The summed E-state index contributed by atoms with van der Waals surface area (Å²) in [5.74, 6) is -1.33. The number of aryl methyl sites for hydroxylation is 1. The maximum atomic E-state index is 12.2. The van der Waals surface area contributed by atoms with Gasteiger partial charge in [0.25, 0.3) is 5.91 Å². The zero-order chi connectivity index (χ0) is 14.5. The van der Waals surface area contributed by atoms with Gasteiger partial charge in [-0.1, -0.05) is 0 Å². The van der Waals surface area contributed by atoms with Crippen LogP contribution in [0.5, 0.6) is 0 Å². The van der Waals surface area contributed by atoms with Gasteiger partial charge in [0, 0.05) is 12.3 Å². The van der Waals surface area contributed by atoms with E-state index >= 15 is 0 Å². The molecule has 20 heavy (non-hydrogen) atoms. The monoisotopic (exact) mass is 288 g/mol. The number of carbonyl (C=O) groups is 2. The fourth-order valence-electron chi connectivity index (χ4n) is 1.59. The molecule has 0 saturated carbocycles. The second-order valence-electron chi connectivity index (χ2n) is 3.97. The molecule has 2 rings (SSSR count). The number of carboxylic acids is 1. The third-order valence-corrected chi connectivity index (χ3v) is 3.49. The fourth-order valence-corrected chi connectivity index (χ4v) is 2.37. The number of carboxylic acid groups (broad SMARTS) is 1. The van der Waals surface area contributed by atoms with Crippen LogP contribution < -0.4 is 5.32 Å². The van der Waals surface area contributed by atoms with Crippen molar-refractivity contribution in [2.24, 2.45) is 0 Å². The minimum absolute atomic E-state index is 0.277. The van der Waals surface area contributed by atoms with Crippen LogP contribution in [-0.4, -0.2) is 22.0 Å². The van der Waals surface area contributed by atoms with Crippen molar-refractivity contribution < 1.29 is 14.7 Å². The van der Waals surface area contributed by atoms with Crippen molar-refractivity contribution in [2.75, 3.05) is 5.32 Å². The Balaban J connectivity index is 2.20. The van der Waals surface area contributed by atoms with Crippen molar-refractivity contribution in [3.8, 4) is 0 Å². The molecule has 0 unspecified atom stereocenters. The van der Waals surface area contributed by atoms with Gasteiger partial charge in [-0.2, -0.15) is 0 Å². The molecule has 5 nitrogen and oxygen atoms in total. The predicted molar refractivity (Wildman–Crippen MR) is 77.9 cm³/mol. The number of thiophene rings is 1. The lowest BCUT2D eigenvalue weighted by Crippen LogP contribution is -2.12. The Morgan fingerprint density at radius 3 is 2.90 bits per heavy atom. The van der Waals surface area contributed by atoms with Gasteiger partial charge in [0.05, 0.1) is 16.3 Å². The van der Waals surface area contributed by atoms with E-state index in [1.54, 1.807) is 36.7 Å². The molecule has 1 amide bonds. The Bertz CT molecular complexity index is 677. The van der Waals surface area contributed by atoms with Crippen molar-refractivity contribution in [1.29, 1.82) is 0 Å². The first-order valence-corrected chi connectivity index (χ1v) is 6.67. The lowest BCUT2D eigenvalue weighted by atomic mass is 10.2. The van der Waals surface area contributed by atoms with Crippen molar-refractivity contribution >= 4 is 35.0 Å². The van der Waals surface area contributed by atoms with Crippen LogP contribution in [0.1, 0.15) is 20.9 Å². The number of amides is 1. The molecule has 2 aromatic rings. The Hall–Kier alpha value is -2.47. The highest BCUT2D eigenvalue weighted by Gasteiger charge is 2.13. The Morgan fingerprint density at radius 1 is 1.40 bits per heavy atom. The Morgan fingerprint density at radius 2 is 2.20 bits per heavy atom. The maximum absolute atomic E-state index is 12.2. The van der Waals surface area contributed by atoms with Crippen molar-refractivity contribution in [2.45, 2.75) is 6.92 Å². The zero-order valence-corrected chi connectivity index (χ0v) is 11.5. The molecular formula is C14H12N2O3S. The molecule has 2 aromatic heterocycles. The summed E-state index contributed by atoms with van der Waals surface area (Å²) >= 11 is 1.26. The van der Waals surface area contributed by atoms with E-state index in [0.717, 1.165) is 11.8 Å². The number of rotatable bonds is 4. The molecule has 0 saturated heterocycles. The van der Waals surface area contributed by atoms with E-state index in [4.69, 9.17) is 5.11 Å². The number of pyridine rings is 1. The normalized spacial score (nSPS) is 10.7. The SMILES string of the molecule is Cc1ncccc1NC(=O)c1sccc1C=CC(=O)O. The number of nitrogens with one attached hydrogen (secondary N) is 1. The number of hydrogen-bond donors (Lipinski definition) is 2. The van der Waals surface area contributed by atoms with Gasteiger partial charge in [-0.3, -0.25) is 9.78 Å². The smallest absolute Gasteiger partial charge is 0.328 e. The molecule has 0 aliphatic heterocycles. The van der Waals surface area contributed by atoms with Crippen LogP contribution in [0.3, 0.4) is 0 Å². The number of nitrogens with zero attached hydrogens (tertiary/aromatic N) is 1. The van der Waals surface area contributed by atoms with Gasteiger partial charge in [0.15, 0.2) is 0 Å². The third-order valence-electron chi connectivity index (χ3n) is 2.56. The standard InChI is InChI=1S/C14H12N2O3S/c1-9-11(3-2-7-15-9)16-14(19)13-10(6-8-20-13)4-5-12(17)18/h2-8H,1H3,(H,16,19)(H,17,18). The van der Waals surface area contributed by atoms with Gasteiger partial charge < -0.3 is 10.4 Å². The van der Waals surface area contributed by atoms with Gasteiger partial charge in [0.2, 0.25) is 0 Å². The second kappa shape index (κ2) is 6.12. The number of aromatic nitrogens is 1. The summed E-state index contributed by atoms with van der Waals surface area (Å²) in [5, 5.41) is 13.1. The van der Waals surface area contributed by atoms with Crippen molar-refractivity contribution in [3.05, 3.63) is 52.0 Å². The summed E-state index contributed by atoms with van der Waals surface area (Å²) in [5.41, 5.74) is 1.94. The number of aliphatic carboxylic acids is 1. The molecule has 0 spiro atoms. The Labute approximate surface area is 119 Å². The molecule has 0 atom stereocenters. The first kappa shape index (κ1) is 14.0. The number of anilines is 1. The molecule has 0 radical (unpaired) electrons. The van der Waals surface area contributed by atoms with E-state index in [1.165, 1.54) is 17.4 Å². The average Bonchev–Trinajstić information content (AvgIpc) is 2.87. The maximum Gasteiger partial charge on any atom is 0.328 e. The molecule has 6 heteroatoms. The molecule has 102 valence electrons. The molecule has 2 N–H and O–H groups in total. The minimum atomic E-state index is -1.05. The van der Waals surface area contributed by atoms with E-state index in [-0.39, 0.29) is 5.91 Å².